The molecule has 72 valence electrons. The SMILES string of the molecule is Cc1ccc(S(=O)(=O)CC[18F])cc1. The summed E-state index contributed by atoms with van der Waals surface area (Å²) in [4.78, 5) is 0.191. The molecule has 0 aromatic heterocycles. The summed E-state index contributed by atoms with van der Waals surface area (Å²) in [5.74, 6) is -0.434. The molecule has 0 bridgehead atoms. The van der Waals surface area contributed by atoms with Crippen molar-refractivity contribution in [3.8, 4) is 0 Å². The predicted molar refractivity (Wildman–Crippen MR) is 49.2 cm³/mol. The lowest BCUT2D eigenvalue weighted by Crippen LogP contribution is -2.07. The van der Waals surface area contributed by atoms with Gasteiger partial charge < -0.3 is 0 Å². The second kappa shape index (κ2) is 3.87. The molecule has 0 radical (unpaired) electrons. The molecule has 0 aliphatic rings. The lowest BCUT2D eigenvalue weighted by atomic mass is 10.2. The van der Waals surface area contributed by atoms with E-state index < -0.39 is 22.3 Å². The zero-order valence-corrected chi connectivity index (χ0v) is 8.14. The van der Waals surface area contributed by atoms with Gasteiger partial charge in [0.25, 0.3) is 0 Å². The van der Waals surface area contributed by atoms with Crippen LogP contribution in [-0.2, 0) is 9.84 Å². The monoisotopic (exact) mass is 201 g/mol. The minimum atomic E-state index is -3.40. The van der Waals surface area contributed by atoms with Crippen molar-refractivity contribution < 1.29 is 12.8 Å². The molecule has 0 N–H and O–H groups in total. The molecule has 0 atom stereocenters. The van der Waals surface area contributed by atoms with Gasteiger partial charge in [-0.2, -0.15) is 0 Å². The Bertz CT molecular complexity index is 367. The molecule has 0 heterocycles. The quantitative estimate of drug-likeness (QED) is 0.746. The molecule has 0 unspecified atom stereocenters. The van der Waals surface area contributed by atoms with Crippen LogP contribution in [-0.4, -0.2) is 20.8 Å². The van der Waals surface area contributed by atoms with Crippen molar-refractivity contribution in [2.75, 3.05) is 12.4 Å². The molecule has 1 rings (SSSR count). The summed E-state index contributed by atoms with van der Waals surface area (Å²) in [6.45, 7) is 1.03. The average Bonchev–Trinajstić information content (AvgIpc) is 2.05. The number of hydrogen-bond donors (Lipinski definition) is 0. The third-order valence-corrected chi connectivity index (χ3v) is 3.41. The molecule has 2 nitrogen and oxygen atoms in total. The van der Waals surface area contributed by atoms with E-state index in [-0.39, 0.29) is 4.90 Å². The van der Waals surface area contributed by atoms with Crippen LogP contribution < -0.4 is 0 Å². The van der Waals surface area contributed by atoms with Crippen LogP contribution in [0.4, 0.5) is 4.39 Å². The number of benzene rings is 1. The first-order chi connectivity index (χ1) is 6.06. The molecule has 0 aliphatic carbocycles. The Morgan fingerprint density at radius 1 is 1.23 bits per heavy atom. The van der Waals surface area contributed by atoms with E-state index >= 15 is 0 Å². The van der Waals surface area contributed by atoms with Crippen molar-refractivity contribution >= 4 is 9.84 Å². The third-order valence-electron chi connectivity index (χ3n) is 1.73. The fourth-order valence-electron chi connectivity index (χ4n) is 0.965. The normalized spacial score (nSPS) is 11.5. The molecule has 4 heteroatoms. The third kappa shape index (κ3) is 2.52. The first kappa shape index (κ1) is 10.2. The smallest absolute Gasteiger partial charge is 0.180 e. The van der Waals surface area contributed by atoms with Gasteiger partial charge in [0.1, 0.15) is 6.67 Å². The van der Waals surface area contributed by atoms with Crippen molar-refractivity contribution in [3.05, 3.63) is 29.8 Å². The minimum absolute atomic E-state index is 0.191. The van der Waals surface area contributed by atoms with Gasteiger partial charge in [0, 0.05) is 0 Å². The fraction of sp³-hybridized carbons (Fsp3) is 0.333. The van der Waals surface area contributed by atoms with Crippen LogP contribution in [0, 0.1) is 6.92 Å². The molecule has 0 saturated heterocycles. The van der Waals surface area contributed by atoms with Crippen molar-refractivity contribution in [2.24, 2.45) is 0 Å². The van der Waals surface area contributed by atoms with Gasteiger partial charge in [0.2, 0.25) is 0 Å². The van der Waals surface area contributed by atoms with E-state index in [0.717, 1.165) is 5.56 Å². The lowest BCUT2D eigenvalue weighted by molar-refractivity contribution is 0.517. The number of hydrogen-bond acceptors (Lipinski definition) is 2. The Labute approximate surface area is 77.3 Å². The maximum Gasteiger partial charge on any atom is 0.180 e. The lowest BCUT2D eigenvalue weighted by Gasteiger charge is -2.01. The summed E-state index contributed by atoms with van der Waals surface area (Å²) in [6, 6.07) is 6.40. The van der Waals surface area contributed by atoms with Gasteiger partial charge in [-0.15, -0.1) is 0 Å². The highest BCUT2D eigenvalue weighted by atomic mass is 32.2. The molecule has 0 aliphatic heterocycles. The zero-order valence-electron chi connectivity index (χ0n) is 7.33. The van der Waals surface area contributed by atoms with Crippen LogP contribution in [0.2, 0.25) is 0 Å². The van der Waals surface area contributed by atoms with E-state index in [0.29, 0.717) is 0 Å². The highest BCUT2D eigenvalue weighted by Crippen LogP contribution is 2.11. The molecule has 0 saturated carbocycles. The summed E-state index contributed by atoms with van der Waals surface area (Å²) in [6.07, 6.45) is 0. The Hall–Kier alpha value is -0.900. The number of sulfone groups is 1. The summed E-state index contributed by atoms with van der Waals surface area (Å²) in [7, 11) is -3.40. The van der Waals surface area contributed by atoms with Gasteiger partial charge >= 0.3 is 0 Å². The first-order valence-corrected chi connectivity index (χ1v) is 5.57. The first-order valence-electron chi connectivity index (χ1n) is 3.91. The maximum absolute atomic E-state index is 11.9. The molecule has 0 spiro atoms. The Kier molecular flexibility index (Phi) is 3.03. The second-order valence-electron chi connectivity index (χ2n) is 2.82. The van der Waals surface area contributed by atoms with E-state index in [2.05, 4.69) is 0 Å². The van der Waals surface area contributed by atoms with Gasteiger partial charge in [-0.25, -0.2) is 12.8 Å². The number of rotatable bonds is 3. The number of halogens is 1. The molecular formula is C9H11FO2S. The van der Waals surface area contributed by atoms with Crippen LogP contribution >= 0.6 is 0 Å². The van der Waals surface area contributed by atoms with Crippen LogP contribution in [0.15, 0.2) is 29.2 Å². The molecule has 13 heavy (non-hydrogen) atoms. The topological polar surface area (TPSA) is 34.1 Å². The van der Waals surface area contributed by atoms with E-state index in [1.807, 2.05) is 6.92 Å². The number of aryl methyl sites for hydroxylation is 1. The summed E-state index contributed by atoms with van der Waals surface area (Å²) >= 11 is 0. The van der Waals surface area contributed by atoms with E-state index in [1.165, 1.54) is 12.1 Å². The van der Waals surface area contributed by atoms with E-state index in [4.69, 9.17) is 0 Å². The molecule has 0 amide bonds. The van der Waals surface area contributed by atoms with Gasteiger partial charge in [0.15, 0.2) is 9.84 Å². The fourth-order valence-corrected chi connectivity index (χ4v) is 1.95. The van der Waals surface area contributed by atoms with E-state index in [9.17, 15) is 12.8 Å². The molecule has 1 aromatic carbocycles. The highest BCUT2D eigenvalue weighted by Gasteiger charge is 2.12. The highest BCUT2D eigenvalue weighted by molar-refractivity contribution is 7.91. The van der Waals surface area contributed by atoms with Gasteiger partial charge in [-0.3, -0.25) is 0 Å². The predicted octanol–water partition coefficient (Wildman–Crippen LogP) is 1.74. The van der Waals surface area contributed by atoms with Crippen LogP contribution in [0.1, 0.15) is 5.56 Å². The Morgan fingerprint density at radius 3 is 2.23 bits per heavy atom. The van der Waals surface area contributed by atoms with Crippen LogP contribution in [0.25, 0.3) is 0 Å². The average molecular weight is 201 g/mol. The molecular weight excluding hydrogens is 190 g/mol. The number of alkyl halides is 1. The Balaban J connectivity index is 3.02. The van der Waals surface area contributed by atoms with Crippen molar-refractivity contribution in [2.45, 2.75) is 11.8 Å². The summed E-state index contributed by atoms with van der Waals surface area (Å²) < 4.78 is 34.5. The Morgan fingerprint density at radius 2 is 1.77 bits per heavy atom. The summed E-state index contributed by atoms with van der Waals surface area (Å²) in [5, 5.41) is 0. The largest absolute Gasteiger partial charge is 0.250 e. The van der Waals surface area contributed by atoms with Crippen molar-refractivity contribution in [1.82, 2.24) is 0 Å². The zero-order chi connectivity index (χ0) is 9.90. The molecule has 1 aromatic rings. The molecule has 0 fully saturated rings. The van der Waals surface area contributed by atoms with E-state index in [1.54, 1.807) is 12.1 Å². The maximum atomic E-state index is 11.9. The van der Waals surface area contributed by atoms with Crippen molar-refractivity contribution in [3.63, 3.8) is 0 Å². The minimum Gasteiger partial charge on any atom is -0.250 e. The standard InChI is InChI=1S/C9H11FO2S/c1-8-2-4-9(5-3-8)13(11,12)7-6-10/h2-5H,6-7H2,1H3/i10-1. The van der Waals surface area contributed by atoms with Crippen molar-refractivity contribution in [1.29, 1.82) is 0 Å². The van der Waals surface area contributed by atoms with Crippen LogP contribution in [0.5, 0.6) is 0 Å². The van der Waals surface area contributed by atoms with Crippen LogP contribution in [0.3, 0.4) is 0 Å². The van der Waals surface area contributed by atoms with Gasteiger partial charge in [-0.05, 0) is 19.1 Å². The van der Waals surface area contributed by atoms with Gasteiger partial charge in [-0.1, -0.05) is 17.7 Å². The summed E-state index contributed by atoms with van der Waals surface area (Å²) in [5.41, 5.74) is 0.985. The second-order valence-corrected chi connectivity index (χ2v) is 4.93. The van der Waals surface area contributed by atoms with Gasteiger partial charge in [0.05, 0.1) is 10.6 Å².